The van der Waals surface area contributed by atoms with Crippen LogP contribution >= 0.6 is 0 Å². The highest BCUT2D eigenvalue weighted by Crippen LogP contribution is 2.48. The normalized spacial score (nSPS) is 44.2. The molecule has 1 heterocycles. The zero-order valence-corrected chi connectivity index (χ0v) is 10.4. The van der Waals surface area contributed by atoms with Crippen LogP contribution in [-0.4, -0.2) is 38.3 Å². The van der Waals surface area contributed by atoms with E-state index < -0.39 is 0 Å². The molecule has 3 aliphatic rings. The van der Waals surface area contributed by atoms with E-state index in [1.165, 1.54) is 19.3 Å². The predicted octanol–water partition coefficient (Wildman–Crippen LogP) is 0.526. The van der Waals surface area contributed by atoms with Crippen molar-refractivity contribution in [1.82, 2.24) is 10.6 Å². The van der Waals surface area contributed by atoms with E-state index in [2.05, 4.69) is 10.6 Å². The number of hydrogen-bond acceptors (Lipinski definition) is 3. The highest BCUT2D eigenvalue weighted by molar-refractivity contribution is 5.80. The Bertz CT molecular complexity index is 308. The summed E-state index contributed by atoms with van der Waals surface area (Å²) in [5.74, 6) is 2.05. The fraction of sp³-hybridized carbons (Fsp3) is 0.923. The zero-order valence-electron chi connectivity index (χ0n) is 10.4. The Morgan fingerprint density at radius 2 is 2.18 bits per heavy atom. The third-order valence-electron chi connectivity index (χ3n) is 4.86. The van der Waals surface area contributed by atoms with Crippen LogP contribution < -0.4 is 10.6 Å². The van der Waals surface area contributed by atoms with Gasteiger partial charge >= 0.3 is 0 Å². The number of methoxy groups -OCH3 is 1. The summed E-state index contributed by atoms with van der Waals surface area (Å²) < 4.78 is 5.37. The lowest BCUT2D eigenvalue weighted by atomic mass is 9.88. The standard InChI is InChI=1S/C13H22N2O2/c1-17-12-7-14-6-11(12)15-13(16)10-5-8-2-3-9(10)4-8/h8-12,14H,2-7H2,1H3,(H,15,16)/t8?,9?,10?,11?,12-/m0/s1. The summed E-state index contributed by atoms with van der Waals surface area (Å²) in [4.78, 5) is 12.3. The average molecular weight is 238 g/mol. The Labute approximate surface area is 102 Å². The quantitative estimate of drug-likeness (QED) is 0.754. The van der Waals surface area contributed by atoms with Crippen molar-refractivity contribution in [3.63, 3.8) is 0 Å². The molecule has 4 nitrogen and oxygen atoms in total. The van der Waals surface area contributed by atoms with Crippen molar-refractivity contribution in [2.24, 2.45) is 17.8 Å². The second-order valence-electron chi connectivity index (χ2n) is 5.83. The SMILES string of the molecule is CO[C@H]1CNCC1NC(=O)C1CC2CCC1C2. The lowest BCUT2D eigenvalue weighted by molar-refractivity contribution is -0.127. The van der Waals surface area contributed by atoms with Crippen molar-refractivity contribution in [2.75, 3.05) is 20.2 Å². The van der Waals surface area contributed by atoms with Crippen LogP contribution in [-0.2, 0) is 9.53 Å². The van der Waals surface area contributed by atoms with Gasteiger partial charge in [-0.2, -0.15) is 0 Å². The zero-order chi connectivity index (χ0) is 11.8. The Kier molecular flexibility index (Phi) is 3.09. The molecule has 0 spiro atoms. The van der Waals surface area contributed by atoms with E-state index in [-0.39, 0.29) is 24.0 Å². The van der Waals surface area contributed by atoms with Crippen molar-refractivity contribution in [3.05, 3.63) is 0 Å². The maximum absolute atomic E-state index is 12.3. The van der Waals surface area contributed by atoms with Crippen molar-refractivity contribution < 1.29 is 9.53 Å². The molecular formula is C13H22N2O2. The Hall–Kier alpha value is -0.610. The molecule has 0 aromatic carbocycles. The average Bonchev–Trinajstić information content (AvgIpc) is 3.03. The molecule has 2 saturated carbocycles. The van der Waals surface area contributed by atoms with Crippen molar-refractivity contribution in [3.8, 4) is 0 Å². The molecule has 3 fully saturated rings. The van der Waals surface area contributed by atoms with Gasteiger partial charge in [0.05, 0.1) is 12.1 Å². The Morgan fingerprint density at radius 1 is 1.29 bits per heavy atom. The number of fused-ring (bicyclic) bond motifs is 2. The van der Waals surface area contributed by atoms with Gasteiger partial charge in [0, 0.05) is 26.1 Å². The minimum Gasteiger partial charge on any atom is -0.378 e. The summed E-state index contributed by atoms with van der Waals surface area (Å²) in [7, 11) is 1.72. The molecule has 4 heteroatoms. The minimum absolute atomic E-state index is 0.137. The predicted molar refractivity (Wildman–Crippen MR) is 64.5 cm³/mol. The Morgan fingerprint density at radius 3 is 2.82 bits per heavy atom. The van der Waals surface area contributed by atoms with Gasteiger partial charge in [-0.3, -0.25) is 4.79 Å². The van der Waals surface area contributed by atoms with Crippen molar-refractivity contribution >= 4 is 5.91 Å². The van der Waals surface area contributed by atoms with Gasteiger partial charge in [0.1, 0.15) is 0 Å². The summed E-state index contributed by atoms with van der Waals surface area (Å²) >= 11 is 0. The molecule has 4 unspecified atom stereocenters. The fourth-order valence-electron chi connectivity index (χ4n) is 3.90. The largest absolute Gasteiger partial charge is 0.378 e. The summed E-state index contributed by atoms with van der Waals surface area (Å²) in [6, 6.07) is 0.159. The number of amides is 1. The van der Waals surface area contributed by atoms with Crippen LogP contribution in [0.5, 0.6) is 0 Å². The molecule has 0 radical (unpaired) electrons. The van der Waals surface area contributed by atoms with Crippen molar-refractivity contribution in [1.29, 1.82) is 0 Å². The first-order chi connectivity index (χ1) is 8.28. The van der Waals surface area contributed by atoms with Gasteiger partial charge in [-0.15, -0.1) is 0 Å². The molecule has 1 aliphatic heterocycles. The van der Waals surface area contributed by atoms with E-state index in [1.54, 1.807) is 7.11 Å². The number of rotatable bonds is 3. The van der Waals surface area contributed by atoms with Gasteiger partial charge in [-0.05, 0) is 31.1 Å². The first-order valence-corrected chi connectivity index (χ1v) is 6.82. The highest BCUT2D eigenvalue weighted by Gasteiger charge is 2.44. The van der Waals surface area contributed by atoms with Crippen molar-refractivity contribution in [2.45, 2.75) is 37.8 Å². The molecule has 2 N–H and O–H groups in total. The van der Waals surface area contributed by atoms with Gasteiger partial charge in [0.25, 0.3) is 0 Å². The van der Waals surface area contributed by atoms with E-state index in [4.69, 9.17) is 4.74 Å². The highest BCUT2D eigenvalue weighted by atomic mass is 16.5. The van der Waals surface area contributed by atoms with E-state index in [1.807, 2.05) is 0 Å². The van der Waals surface area contributed by atoms with Crippen LogP contribution in [0.15, 0.2) is 0 Å². The number of hydrogen-bond donors (Lipinski definition) is 2. The van der Waals surface area contributed by atoms with Gasteiger partial charge in [0.15, 0.2) is 0 Å². The lowest BCUT2D eigenvalue weighted by Gasteiger charge is -2.25. The summed E-state index contributed by atoms with van der Waals surface area (Å²) in [6.45, 7) is 1.68. The molecule has 1 saturated heterocycles. The first kappa shape index (κ1) is 11.5. The van der Waals surface area contributed by atoms with Crippen LogP contribution in [0.3, 0.4) is 0 Å². The molecular weight excluding hydrogens is 216 g/mol. The lowest BCUT2D eigenvalue weighted by Crippen LogP contribution is -2.46. The smallest absolute Gasteiger partial charge is 0.223 e. The number of ether oxygens (including phenoxy) is 1. The van der Waals surface area contributed by atoms with Crippen LogP contribution in [0.1, 0.15) is 25.7 Å². The summed E-state index contributed by atoms with van der Waals surface area (Å²) in [5.41, 5.74) is 0. The van der Waals surface area contributed by atoms with Gasteiger partial charge < -0.3 is 15.4 Å². The monoisotopic (exact) mass is 238 g/mol. The molecule has 5 atom stereocenters. The third-order valence-corrected chi connectivity index (χ3v) is 4.86. The number of carbonyl (C=O) groups excluding carboxylic acids is 1. The van der Waals surface area contributed by atoms with E-state index in [0.717, 1.165) is 25.4 Å². The number of nitrogens with one attached hydrogen (secondary N) is 2. The molecule has 2 aliphatic carbocycles. The molecule has 0 aromatic heterocycles. The molecule has 2 bridgehead atoms. The molecule has 3 rings (SSSR count). The van der Waals surface area contributed by atoms with Crippen LogP contribution in [0, 0.1) is 17.8 Å². The van der Waals surface area contributed by atoms with Gasteiger partial charge in [-0.1, -0.05) is 6.42 Å². The minimum atomic E-state index is 0.137. The van der Waals surface area contributed by atoms with E-state index in [9.17, 15) is 4.79 Å². The molecule has 0 aromatic rings. The summed E-state index contributed by atoms with van der Waals surface area (Å²) in [6.07, 6.45) is 5.15. The molecule has 96 valence electrons. The second-order valence-corrected chi connectivity index (χ2v) is 5.83. The van der Waals surface area contributed by atoms with Gasteiger partial charge in [0.2, 0.25) is 5.91 Å². The fourth-order valence-corrected chi connectivity index (χ4v) is 3.90. The number of carbonyl (C=O) groups is 1. The topological polar surface area (TPSA) is 50.4 Å². The van der Waals surface area contributed by atoms with Gasteiger partial charge in [-0.25, -0.2) is 0 Å². The molecule has 17 heavy (non-hydrogen) atoms. The van der Waals surface area contributed by atoms with E-state index in [0.29, 0.717) is 5.92 Å². The van der Waals surface area contributed by atoms with Crippen LogP contribution in [0.25, 0.3) is 0 Å². The maximum Gasteiger partial charge on any atom is 0.223 e. The van der Waals surface area contributed by atoms with Crippen LogP contribution in [0.2, 0.25) is 0 Å². The van der Waals surface area contributed by atoms with E-state index >= 15 is 0 Å². The molecule has 1 amide bonds. The Balaban J connectivity index is 1.56. The third kappa shape index (κ3) is 2.08. The maximum atomic E-state index is 12.3. The first-order valence-electron chi connectivity index (χ1n) is 6.82. The summed E-state index contributed by atoms with van der Waals surface area (Å²) in [5, 5.41) is 6.44. The van der Waals surface area contributed by atoms with Crippen LogP contribution in [0.4, 0.5) is 0 Å². The second kappa shape index (κ2) is 4.58.